The van der Waals surface area contributed by atoms with Gasteiger partial charge >= 0.3 is 0 Å². The average molecular weight is 170 g/mol. The highest BCUT2D eigenvalue weighted by Crippen LogP contribution is 1.94. The third kappa shape index (κ3) is 5.33. The summed E-state index contributed by atoms with van der Waals surface area (Å²) in [5.74, 6) is 0. The normalized spacial score (nSPS) is 13.3. The van der Waals surface area contributed by atoms with Crippen molar-refractivity contribution in [1.29, 1.82) is 0 Å². The molecule has 1 unspecified atom stereocenters. The van der Waals surface area contributed by atoms with Gasteiger partial charge in [0.05, 0.1) is 0 Å². The van der Waals surface area contributed by atoms with Crippen LogP contribution >= 0.6 is 0 Å². The summed E-state index contributed by atoms with van der Waals surface area (Å²) in [5.41, 5.74) is 0. The Balaban J connectivity index is 3.68. The number of nitrogens with one attached hydrogen (secondary N) is 1. The second-order valence-electron chi connectivity index (χ2n) is 3.24. The molecule has 0 aromatic heterocycles. The van der Waals surface area contributed by atoms with Crippen molar-refractivity contribution in [3.8, 4) is 0 Å². The van der Waals surface area contributed by atoms with E-state index in [-0.39, 0.29) is 0 Å². The predicted octanol–water partition coefficient (Wildman–Crippen LogP) is 1.49. The van der Waals surface area contributed by atoms with Crippen molar-refractivity contribution in [1.82, 2.24) is 10.2 Å². The summed E-state index contributed by atoms with van der Waals surface area (Å²) < 4.78 is 0. The van der Waals surface area contributed by atoms with Crippen molar-refractivity contribution >= 4 is 0 Å². The molecule has 0 fully saturated rings. The van der Waals surface area contributed by atoms with Crippen LogP contribution in [0.15, 0.2) is 12.7 Å². The first-order valence-corrected chi connectivity index (χ1v) is 4.75. The molecule has 0 radical (unpaired) electrons. The molecule has 0 aliphatic rings. The Bertz CT molecular complexity index is 112. The summed E-state index contributed by atoms with van der Waals surface area (Å²) in [6.45, 7) is 11.4. The lowest BCUT2D eigenvalue weighted by Gasteiger charge is -2.23. The molecule has 0 rings (SSSR count). The molecule has 0 heterocycles. The zero-order chi connectivity index (χ0) is 9.40. The Morgan fingerprint density at radius 3 is 2.67 bits per heavy atom. The van der Waals surface area contributed by atoms with Gasteiger partial charge in [-0.1, -0.05) is 13.0 Å². The van der Waals surface area contributed by atoms with Gasteiger partial charge in [0.2, 0.25) is 0 Å². The lowest BCUT2D eigenvalue weighted by atomic mass is 10.3. The third-order valence-corrected chi connectivity index (χ3v) is 1.95. The van der Waals surface area contributed by atoms with Gasteiger partial charge in [-0.05, 0) is 26.9 Å². The lowest BCUT2D eigenvalue weighted by Crippen LogP contribution is -2.38. The van der Waals surface area contributed by atoms with Gasteiger partial charge in [-0.3, -0.25) is 4.90 Å². The molecule has 0 aromatic carbocycles. The molecule has 0 saturated carbocycles. The molecule has 0 bridgehead atoms. The maximum absolute atomic E-state index is 3.75. The van der Waals surface area contributed by atoms with Crippen LogP contribution in [0.2, 0.25) is 0 Å². The molecule has 1 atom stereocenters. The fourth-order valence-corrected chi connectivity index (χ4v) is 1.23. The minimum atomic E-state index is 0.566. The molecule has 0 aliphatic carbocycles. The first kappa shape index (κ1) is 11.7. The summed E-state index contributed by atoms with van der Waals surface area (Å²) in [5, 5.41) is 3.24. The molecule has 12 heavy (non-hydrogen) atoms. The van der Waals surface area contributed by atoms with E-state index in [0.717, 1.165) is 19.6 Å². The van der Waals surface area contributed by atoms with E-state index < -0.39 is 0 Å². The van der Waals surface area contributed by atoms with Crippen LogP contribution in [-0.4, -0.2) is 37.6 Å². The highest BCUT2D eigenvalue weighted by molar-refractivity contribution is 4.75. The van der Waals surface area contributed by atoms with Crippen LogP contribution < -0.4 is 5.32 Å². The largest absolute Gasteiger partial charge is 0.316 e. The van der Waals surface area contributed by atoms with E-state index >= 15 is 0 Å². The molecule has 2 nitrogen and oxygen atoms in total. The van der Waals surface area contributed by atoms with Crippen molar-refractivity contribution < 1.29 is 0 Å². The second kappa shape index (κ2) is 7.32. The van der Waals surface area contributed by atoms with Gasteiger partial charge in [0.1, 0.15) is 0 Å². The Kier molecular flexibility index (Phi) is 7.11. The highest BCUT2D eigenvalue weighted by Gasteiger charge is 2.05. The SMILES string of the molecule is C=CCN(CCC)CC(C)NC. The Morgan fingerprint density at radius 1 is 1.58 bits per heavy atom. The van der Waals surface area contributed by atoms with Gasteiger partial charge < -0.3 is 5.32 Å². The van der Waals surface area contributed by atoms with Crippen LogP contribution in [0.5, 0.6) is 0 Å². The van der Waals surface area contributed by atoms with Gasteiger partial charge in [-0.15, -0.1) is 6.58 Å². The summed E-state index contributed by atoms with van der Waals surface area (Å²) in [6, 6.07) is 0.566. The number of nitrogens with zero attached hydrogens (tertiary/aromatic N) is 1. The second-order valence-corrected chi connectivity index (χ2v) is 3.24. The topological polar surface area (TPSA) is 15.3 Å². The zero-order valence-electron chi connectivity index (χ0n) is 8.64. The van der Waals surface area contributed by atoms with Gasteiger partial charge in [0.15, 0.2) is 0 Å². The van der Waals surface area contributed by atoms with Crippen LogP contribution in [0.4, 0.5) is 0 Å². The average Bonchev–Trinajstić information content (AvgIpc) is 2.05. The van der Waals surface area contributed by atoms with E-state index in [1.807, 2.05) is 13.1 Å². The minimum absolute atomic E-state index is 0.566. The van der Waals surface area contributed by atoms with Crippen LogP contribution in [0.25, 0.3) is 0 Å². The van der Waals surface area contributed by atoms with E-state index in [0.29, 0.717) is 6.04 Å². The van der Waals surface area contributed by atoms with Crippen molar-refractivity contribution in [2.45, 2.75) is 26.3 Å². The molecular formula is C10H22N2. The summed E-state index contributed by atoms with van der Waals surface area (Å²) in [6.07, 6.45) is 3.18. The van der Waals surface area contributed by atoms with Crippen molar-refractivity contribution in [3.63, 3.8) is 0 Å². The number of rotatable bonds is 7. The Hall–Kier alpha value is -0.340. The molecule has 0 spiro atoms. The Labute approximate surface area is 76.6 Å². The Morgan fingerprint density at radius 2 is 2.25 bits per heavy atom. The molecule has 0 aromatic rings. The van der Waals surface area contributed by atoms with Crippen molar-refractivity contribution in [2.24, 2.45) is 0 Å². The van der Waals surface area contributed by atoms with Crippen molar-refractivity contribution in [3.05, 3.63) is 12.7 Å². The molecular weight excluding hydrogens is 148 g/mol. The lowest BCUT2D eigenvalue weighted by molar-refractivity contribution is 0.276. The summed E-state index contributed by atoms with van der Waals surface area (Å²) in [7, 11) is 2.00. The zero-order valence-corrected chi connectivity index (χ0v) is 8.64. The maximum Gasteiger partial charge on any atom is 0.0163 e. The van der Waals surface area contributed by atoms with Crippen LogP contribution in [-0.2, 0) is 0 Å². The predicted molar refractivity (Wildman–Crippen MR) is 55.4 cm³/mol. The summed E-state index contributed by atoms with van der Waals surface area (Å²) >= 11 is 0. The summed E-state index contributed by atoms with van der Waals surface area (Å²) in [4.78, 5) is 2.41. The van der Waals surface area contributed by atoms with E-state index in [1.54, 1.807) is 0 Å². The molecule has 0 aliphatic heterocycles. The molecule has 2 heteroatoms. The number of likely N-dealkylation sites (N-methyl/N-ethyl adjacent to an activating group) is 1. The van der Waals surface area contributed by atoms with Crippen LogP contribution in [0.3, 0.4) is 0 Å². The van der Waals surface area contributed by atoms with E-state index in [1.165, 1.54) is 6.42 Å². The quantitative estimate of drug-likeness (QED) is 0.582. The van der Waals surface area contributed by atoms with E-state index in [2.05, 4.69) is 30.6 Å². The first-order valence-electron chi connectivity index (χ1n) is 4.75. The first-order chi connectivity index (χ1) is 5.74. The third-order valence-electron chi connectivity index (χ3n) is 1.95. The minimum Gasteiger partial charge on any atom is -0.316 e. The fraction of sp³-hybridized carbons (Fsp3) is 0.800. The van der Waals surface area contributed by atoms with Gasteiger partial charge in [-0.2, -0.15) is 0 Å². The molecule has 72 valence electrons. The van der Waals surface area contributed by atoms with Crippen molar-refractivity contribution in [2.75, 3.05) is 26.7 Å². The number of hydrogen-bond acceptors (Lipinski definition) is 2. The van der Waals surface area contributed by atoms with E-state index in [4.69, 9.17) is 0 Å². The maximum atomic E-state index is 3.75. The van der Waals surface area contributed by atoms with Crippen LogP contribution in [0, 0.1) is 0 Å². The van der Waals surface area contributed by atoms with Gasteiger partial charge in [0, 0.05) is 19.1 Å². The smallest absolute Gasteiger partial charge is 0.0163 e. The standard InChI is InChI=1S/C10H22N2/c1-5-7-12(8-6-2)9-10(3)11-4/h5,10-11H,1,6-9H2,2-4H3. The molecule has 0 saturated heterocycles. The fourth-order valence-electron chi connectivity index (χ4n) is 1.23. The van der Waals surface area contributed by atoms with Gasteiger partial charge in [0.25, 0.3) is 0 Å². The van der Waals surface area contributed by atoms with Crippen LogP contribution in [0.1, 0.15) is 20.3 Å². The molecule has 0 amide bonds. The number of hydrogen-bond donors (Lipinski definition) is 1. The monoisotopic (exact) mass is 170 g/mol. The highest BCUT2D eigenvalue weighted by atomic mass is 15.1. The van der Waals surface area contributed by atoms with Gasteiger partial charge in [-0.25, -0.2) is 0 Å². The molecule has 1 N–H and O–H groups in total. The van der Waals surface area contributed by atoms with E-state index in [9.17, 15) is 0 Å².